The summed E-state index contributed by atoms with van der Waals surface area (Å²) in [6, 6.07) is 2.65. The number of nitrogens with one attached hydrogen (secondary N) is 1. The zero-order valence-corrected chi connectivity index (χ0v) is 16.9. The number of thioether (sulfide) groups is 1. The molecule has 0 spiro atoms. The van der Waals surface area contributed by atoms with Crippen molar-refractivity contribution in [1.29, 1.82) is 0 Å². The van der Waals surface area contributed by atoms with Crippen molar-refractivity contribution in [1.82, 2.24) is 0 Å². The van der Waals surface area contributed by atoms with Crippen LogP contribution in [0.5, 0.6) is 0 Å². The highest BCUT2D eigenvalue weighted by atomic mass is 35.5. The Kier molecular flexibility index (Phi) is 7.20. The van der Waals surface area contributed by atoms with Crippen molar-refractivity contribution < 1.29 is 9.59 Å². The van der Waals surface area contributed by atoms with Crippen LogP contribution in [0.2, 0.25) is 10.0 Å². The molecule has 1 aliphatic carbocycles. The summed E-state index contributed by atoms with van der Waals surface area (Å²) in [4.78, 5) is 25.6. The fraction of sp³-hybridized carbons (Fsp3) is 0.556. The van der Waals surface area contributed by atoms with Crippen molar-refractivity contribution >= 4 is 51.7 Å². The van der Waals surface area contributed by atoms with Crippen LogP contribution in [-0.2, 0) is 9.59 Å². The van der Waals surface area contributed by atoms with Gasteiger partial charge < -0.3 is 11.1 Å². The van der Waals surface area contributed by atoms with Gasteiger partial charge in [-0.2, -0.15) is 0 Å². The van der Waals surface area contributed by atoms with Gasteiger partial charge in [0.2, 0.25) is 11.0 Å². The lowest BCUT2D eigenvalue weighted by atomic mass is 9.75. The van der Waals surface area contributed by atoms with Gasteiger partial charge in [0, 0.05) is 10.3 Å². The number of hydrogen-bond donors (Lipinski definition) is 2. The third-order valence-corrected chi connectivity index (χ3v) is 6.51. The molecule has 0 unspecified atom stereocenters. The second kappa shape index (κ2) is 8.76. The molecule has 1 saturated carbocycles. The molecule has 0 aromatic heterocycles. The van der Waals surface area contributed by atoms with E-state index in [0.717, 1.165) is 37.4 Å². The van der Waals surface area contributed by atoms with E-state index in [2.05, 4.69) is 5.32 Å². The Morgan fingerprint density at radius 3 is 2.44 bits per heavy atom. The van der Waals surface area contributed by atoms with Gasteiger partial charge in [0.05, 0.1) is 21.8 Å². The van der Waals surface area contributed by atoms with Crippen LogP contribution < -0.4 is 11.1 Å². The predicted octanol–water partition coefficient (Wildman–Crippen LogP) is 5.26. The summed E-state index contributed by atoms with van der Waals surface area (Å²) in [7, 11) is 0. The van der Waals surface area contributed by atoms with Crippen LogP contribution in [0.4, 0.5) is 5.69 Å². The number of amides is 1. The van der Waals surface area contributed by atoms with E-state index < -0.39 is 11.5 Å². The average molecular weight is 403 g/mol. The van der Waals surface area contributed by atoms with Gasteiger partial charge in [-0.15, -0.1) is 0 Å². The van der Waals surface area contributed by atoms with Gasteiger partial charge in [0.25, 0.3) is 0 Å². The number of benzene rings is 1. The molecule has 25 heavy (non-hydrogen) atoms. The molecule has 4 nitrogen and oxygen atoms in total. The highest BCUT2D eigenvalue weighted by Crippen LogP contribution is 2.40. The Morgan fingerprint density at radius 2 is 1.84 bits per heavy atom. The summed E-state index contributed by atoms with van der Waals surface area (Å²) < 4.78 is 0. The average Bonchev–Trinajstić information content (AvgIpc) is 2.59. The topological polar surface area (TPSA) is 72.2 Å². The van der Waals surface area contributed by atoms with E-state index in [-0.39, 0.29) is 11.0 Å². The van der Waals surface area contributed by atoms with Gasteiger partial charge in [-0.25, -0.2) is 0 Å². The third-order valence-electron chi connectivity index (χ3n) is 4.73. The van der Waals surface area contributed by atoms with Crippen molar-refractivity contribution in [2.45, 2.75) is 63.3 Å². The molecule has 0 bridgehead atoms. The smallest absolute Gasteiger partial charge is 0.230 e. The maximum absolute atomic E-state index is 12.8. The molecule has 0 heterocycles. The minimum Gasteiger partial charge on any atom is -0.325 e. The van der Waals surface area contributed by atoms with Gasteiger partial charge in [-0.3, -0.25) is 9.59 Å². The van der Waals surface area contributed by atoms with Crippen molar-refractivity contribution in [3.8, 4) is 0 Å². The summed E-state index contributed by atoms with van der Waals surface area (Å²) in [6.07, 6.45) is 5.55. The third kappa shape index (κ3) is 5.13. The standard InChI is InChI=1S/C18H24Cl2N2O2S/c1-3-13(21)16(23)25-15-10-12(20)11(19)9-14(15)22-17(24)18(2)7-5-4-6-8-18/h9-10,13H,3-8,21H2,1-2H3,(H,22,24)/t13-/m0/s1. The number of anilines is 1. The summed E-state index contributed by atoms with van der Waals surface area (Å²) in [5.74, 6) is -0.0420. The van der Waals surface area contributed by atoms with Gasteiger partial charge in [0.1, 0.15) is 0 Å². The summed E-state index contributed by atoms with van der Waals surface area (Å²) in [5, 5.41) is 3.46. The lowest BCUT2D eigenvalue weighted by Crippen LogP contribution is -2.35. The van der Waals surface area contributed by atoms with Crippen LogP contribution >= 0.6 is 35.0 Å². The first-order valence-corrected chi connectivity index (χ1v) is 10.1. The molecule has 138 valence electrons. The largest absolute Gasteiger partial charge is 0.325 e. The molecule has 0 saturated heterocycles. The fourth-order valence-corrected chi connectivity index (χ4v) is 4.22. The lowest BCUT2D eigenvalue weighted by Gasteiger charge is -2.32. The molecule has 0 aliphatic heterocycles. The normalized spacial score (nSPS) is 17.8. The Bertz CT molecular complexity index is 661. The fourth-order valence-electron chi connectivity index (χ4n) is 2.89. The number of carbonyl (C=O) groups excluding carboxylic acids is 2. The summed E-state index contributed by atoms with van der Waals surface area (Å²) in [5.41, 5.74) is 5.92. The maximum atomic E-state index is 12.8. The monoisotopic (exact) mass is 402 g/mol. The van der Waals surface area contributed by atoms with Gasteiger partial charge in [-0.1, -0.05) is 56.3 Å². The van der Waals surface area contributed by atoms with Crippen LogP contribution in [0.15, 0.2) is 17.0 Å². The molecule has 7 heteroatoms. The number of carbonyl (C=O) groups is 2. The molecule has 1 aromatic rings. The van der Waals surface area contributed by atoms with Crippen molar-refractivity contribution in [3.63, 3.8) is 0 Å². The van der Waals surface area contributed by atoms with Crippen molar-refractivity contribution in [2.75, 3.05) is 5.32 Å². The molecule has 0 radical (unpaired) electrons. The lowest BCUT2D eigenvalue weighted by molar-refractivity contribution is -0.126. The predicted molar refractivity (Wildman–Crippen MR) is 105 cm³/mol. The van der Waals surface area contributed by atoms with Crippen LogP contribution in [0.25, 0.3) is 0 Å². The number of nitrogens with two attached hydrogens (primary N) is 1. The molecule has 1 fully saturated rings. The van der Waals surface area contributed by atoms with Gasteiger partial charge in [-0.05, 0) is 43.2 Å². The Morgan fingerprint density at radius 1 is 1.24 bits per heavy atom. The first-order chi connectivity index (χ1) is 11.8. The van der Waals surface area contributed by atoms with Crippen molar-refractivity contribution in [2.24, 2.45) is 11.1 Å². The number of halogens is 2. The Labute approximate surface area is 163 Å². The summed E-state index contributed by atoms with van der Waals surface area (Å²) >= 11 is 13.2. The summed E-state index contributed by atoms with van der Waals surface area (Å²) in [6.45, 7) is 3.84. The second-order valence-electron chi connectivity index (χ2n) is 6.77. The zero-order chi connectivity index (χ0) is 18.6. The zero-order valence-electron chi connectivity index (χ0n) is 14.5. The van der Waals surface area contributed by atoms with E-state index >= 15 is 0 Å². The van der Waals surface area contributed by atoms with E-state index in [4.69, 9.17) is 28.9 Å². The van der Waals surface area contributed by atoms with E-state index in [1.54, 1.807) is 12.1 Å². The molecule has 1 aromatic carbocycles. The minimum atomic E-state index is -0.557. The molecule has 2 rings (SSSR count). The molecule has 3 N–H and O–H groups in total. The van der Waals surface area contributed by atoms with Crippen LogP contribution in [0.3, 0.4) is 0 Å². The molecule has 1 aliphatic rings. The van der Waals surface area contributed by atoms with Crippen molar-refractivity contribution in [3.05, 3.63) is 22.2 Å². The van der Waals surface area contributed by atoms with E-state index in [1.807, 2.05) is 13.8 Å². The highest BCUT2D eigenvalue weighted by Gasteiger charge is 2.35. The number of hydrogen-bond acceptors (Lipinski definition) is 4. The van der Waals surface area contributed by atoms with Crippen LogP contribution in [-0.4, -0.2) is 17.1 Å². The number of rotatable bonds is 5. The first kappa shape index (κ1) is 20.6. The van der Waals surface area contributed by atoms with E-state index in [9.17, 15) is 9.59 Å². The molecular weight excluding hydrogens is 379 g/mol. The Balaban J connectivity index is 2.25. The molecular formula is C18H24Cl2N2O2S. The quantitative estimate of drug-likeness (QED) is 0.658. The SMILES string of the molecule is CC[C@H](N)C(=O)Sc1cc(Cl)c(Cl)cc1NC(=O)C1(C)CCCCC1. The maximum Gasteiger partial charge on any atom is 0.230 e. The molecule has 1 atom stereocenters. The highest BCUT2D eigenvalue weighted by molar-refractivity contribution is 8.14. The molecule has 1 amide bonds. The van der Waals surface area contributed by atoms with Crippen LogP contribution in [0.1, 0.15) is 52.4 Å². The van der Waals surface area contributed by atoms with E-state index in [1.165, 1.54) is 6.42 Å². The first-order valence-electron chi connectivity index (χ1n) is 8.54. The van der Waals surface area contributed by atoms with Crippen LogP contribution in [0, 0.1) is 5.41 Å². The van der Waals surface area contributed by atoms with Gasteiger partial charge >= 0.3 is 0 Å². The van der Waals surface area contributed by atoms with E-state index in [0.29, 0.717) is 27.0 Å². The second-order valence-corrected chi connectivity index (χ2v) is 8.63. The van der Waals surface area contributed by atoms with Gasteiger partial charge in [0.15, 0.2) is 0 Å². The minimum absolute atomic E-state index is 0.0420. The Hall–Kier alpha value is -0.750.